The van der Waals surface area contributed by atoms with Gasteiger partial charge in [-0.25, -0.2) is 22.9 Å². The van der Waals surface area contributed by atoms with Crippen LogP contribution in [0.5, 0.6) is 0 Å². The number of carboxylic acid groups (broad SMARTS) is 1. The number of benzene rings is 1. The summed E-state index contributed by atoms with van der Waals surface area (Å²) in [5.41, 5.74) is 0.531. The van der Waals surface area contributed by atoms with Gasteiger partial charge in [-0.15, -0.1) is 11.3 Å². The minimum Gasteiger partial charge on any atom is -0.476 e. The Morgan fingerprint density at radius 3 is 2.81 bits per heavy atom. The van der Waals surface area contributed by atoms with E-state index >= 15 is 0 Å². The molecule has 0 unspecified atom stereocenters. The average Bonchev–Trinajstić information content (AvgIpc) is 2.88. The number of nitrogens with zero attached hydrogens (tertiary/aromatic N) is 1. The molecule has 21 heavy (non-hydrogen) atoms. The van der Waals surface area contributed by atoms with Crippen LogP contribution in [0.4, 0.5) is 0 Å². The Bertz CT molecular complexity index is 786. The van der Waals surface area contributed by atoms with E-state index in [1.54, 1.807) is 19.1 Å². The number of hydrogen-bond acceptors (Lipinski definition) is 5. The first kappa shape index (κ1) is 16.1. The lowest BCUT2D eigenvalue weighted by Gasteiger charge is -2.08. The molecule has 0 atom stereocenters. The highest BCUT2D eigenvalue weighted by molar-refractivity contribution is 9.10. The summed E-state index contributed by atoms with van der Waals surface area (Å²) in [4.78, 5) is 14.7. The number of rotatable bonds is 5. The molecule has 0 saturated carbocycles. The molecular weight excluding hydrogens is 380 g/mol. The molecule has 0 aliphatic carbocycles. The summed E-state index contributed by atoms with van der Waals surface area (Å²) in [5, 5.41) is 10.5. The van der Waals surface area contributed by atoms with Crippen molar-refractivity contribution in [1.29, 1.82) is 0 Å². The summed E-state index contributed by atoms with van der Waals surface area (Å²) < 4.78 is 27.6. The first-order valence-electron chi connectivity index (χ1n) is 5.73. The van der Waals surface area contributed by atoms with E-state index in [1.165, 1.54) is 11.4 Å². The number of carbonyl (C=O) groups is 1. The van der Waals surface area contributed by atoms with Crippen molar-refractivity contribution in [2.75, 3.05) is 0 Å². The van der Waals surface area contributed by atoms with Crippen molar-refractivity contribution in [3.63, 3.8) is 0 Å². The minimum absolute atomic E-state index is 0.0494. The van der Waals surface area contributed by atoms with Gasteiger partial charge in [0.15, 0.2) is 5.69 Å². The minimum atomic E-state index is -3.68. The number of aromatic nitrogens is 1. The lowest BCUT2D eigenvalue weighted by Crippen LogP contribution is -2.24. The van der Waals surface area contributed by atoms with Crippen LogP contribution in [-0.4, -0.2) is 24.5 Å². The molecule has 0 aliphatic rings. The van der Waals surface area contributed by atoms with Gasteiger partial charge in [-0.05, 0) is 24.6 Å². The fraction of sp³-hybridized carbons (Fsp3) is 0.167. The Morgan fingerprint density at radius 2 is 2.19 bits per heavy atom. The van der Waals surface area contributed by atoms with Gasteiger partial charge in [0, 0.05) is 9.85 Å². The number of aryl methyl sites for hydroxylation is 1. The zero-order valence-corrected chi connectivity index (χ0v) is 14.0. The van der Waals surface area contributed by atoms with E-state index in [1.807, 2.05) is 0 Å². The molecule has 2 aromatic rings. The number of sulfonamides is 1. The zero-order chi connectivity index (χ0) is 15.6. The molecule has 2 rings (SSSR count). The second-order valence-corrected chi connectivity index (χ2v) is 7.76. The zero-order valence-electron chi connectivity index (χ0n) is 10.8. The van der Waals surface area contributed by atoms with Crippen molar-refractivity contribution in [3.05, 3.63) is 44.3 Å². The third-order valence-electron chi connectivity index (χ3n) is 2.62. The van der Waals surface area contributed by atoms with Gasteiger partial charge in [-0.1, -0.05) is 22.0 Å². The third-order valence-corrected chi connectivity index (χ3v) is 5.51. The Balaban J connectivity index is 2.17. The average molecular weight is 391 g/mol. The van der Waals surface area contributed by atoms with Crippen molar-refractivity contribution in [1.82, 2.24) is 9.71 Å². The number of hydrogen-bond donors (Lipinski definition) is 2. The molecule has 0 fully saturated rings. The summed E-state index contributed by atoms with van der Waals surface area (Å²) >= 11 is 4.33. The van der Waals surface area contributed by atoms with Crippen molar-refractivity contribution < 1.29 is 18.3 Å². The van der Waals surface area contributed by atoms with E-state index in [-0.39, 0.29) is 17.1 Å². The highest BCUT2D eigenvalue weighted by Gasteiger charge is 2.18. The Kier molecular flexibility index (Phi) is 4.77. The van der Waals surface area contributed by atoms with Crippen LogP contribution in [0.2, 0.25) is 0 Å². The standard InChI is InChI=1S/C12H11BrN2O4S2/c1-7-2-3-8(13)4-10(7)21(18,19)14-5-11-15-9(6-20-11)12(16)17/h2-4,6,14H,5H2,1H3,(H,16,17). The maximum Gasteiger partial charge on any atom is 0.355 e. The maximum absolute atomic E-state index is 12.2. The van der Waals surface area contributed by atoms with Crippen molar-refractivity contribution in [2.45, 2.75) is 18.4 Å². The van der Waals surface area contributed by atoms with Gasteiger partial charge in [0.25, 0.3) is 0 Å². The van der Waals surface area contributed by atoms with Gasteiger partial charge < -0.3 is 5.11 Å². The fourth-order valence-electron chi connectivity index (χ4n) is 1.59. The highest BCUT2D eigenvalue weighted by atomic mass is 79.9. The molecule has 0 saturated heterocycles. The molecule has 112 valence electrons. The maximum atomic E-state index is 12.2. The molecule has 0 aliphatic heterocycles. The second-order valence-electron chi connectivity index (χ2n) is 4.17. The van der Waals surface area contributed by atoms with E-state index in [9.17, 15) is 13.2 Å². The SMILES string of the molecule is Cc1ccc(Br)cc1S(=O)(=O)NCc1nc(C(=O)O)cs1. The van der Waals surface area contributed by atoms with E-state index in [0.717, 1.165) is 11.3 Å². The molecule has 9 heteroatoms. The van der Waals surface area contributed by atoms with Gasteiger partial charge in [0.05, 0.1) is 11.4 Å². The summed E-state index contributed by atoms with van der Waals surface area (Å²) in [6, 6.07) is 4.97. The molecule has 1 aromatic carbocycles. The Labute approximate surface area is 134 Å². The van der Waals surface area contributed by atoms with Crippen molar-refractivity contribution in [2.24, 2.45) is 0 Å². The third kappa shape index (κ3) is 3.88. The molecule has 0 radical (unpaired) electrons. The molecule has 1 aromatic heterocycles. The summed E-state index contributed by atoms with van der Waals surface area (Å²) in [7, 11) is -3.68. The summed E-state index contributed by atoms with van der Waals surface area (Å²) in [5.74, 6) is -1.14. The van der Waals surface area contributed by atoms with Crippen LogP contribution in [0, 0.1) is 6.92 Å². The second kappa shape index (κ2) is 6.22. The van der Waals surface area contributed by atoms with Crippen LogP contribution in [0.3, 0.4) is 0 Å². The largest absolute Gasteiger partial charge is 0.476 e. The van der Waals surface area contributed by atoms with Crippen LogP contribution in [-0.2, 0) is 16.6 Å². The van der Waals surface area contributed by atoms with Crippen LogP contribution in [0.15, 0.2) is 32.9 Å². The predicted octanol–water partition coefficient (Wildman–Crippen LogP) is 2.39. The lowest BCUT2D eigenvalue weighted by atomic mass is 10.2. The Morgan fingerprint density at radius 1 is 1.48 bits per heavy atom. The van der Waals surface area contributed by atoms with E-state index in [2.05, 4.69) is 25.6 Å². The number of aromatic carboxylic acids is 1. The van der Waals surface area contributed by atoms with Gasteiger partial charge in [-0.3, -0.25) is 0 Å². The first-order valence-corrected chi connectivity index (χ1v) is 8.88. The normalized spacial score (nSPS) is 11.5. The topological polar surface area (TPSA) is 96.4 Å². The van der Waals surface area contributed by atoms with Crippen molar-refractivity contribution in [3.8, 4) is 0 Å². The van der Waals surface area contributed by atoms with Gasteiger partial charge in [0.2, 0.25) is 10.0 Å². The van der Waals surface area contributed by atoms with E-state index in [0.29, 0.717) is 15.0 Å². The lowest BCUT2D eigenvalue weighted by molar-refractivity contribution is 0.0691. The van der Waals surface area contributed by atoms with E-state index in [4.69, 9.17) is 5.11 Å². The molecule has 0 amide bonds. The van der Waals surface area contributed by atoms with Crippen molar-refractivity contribution >= 4 is 43.3 Å². The molecule has 2 N–H and O–H groups in total. The first-order chi connectivity index (χ1) is 9.79. The van der Waals surface area contributed by atoms with E-state index < -0.39 is 16.0 Å². The molecule has 0 bridgehead atoms. The number of carboxylic acids is 1. The number of nitrogens with one attached hydrogen (secondary N) is 1. The van der Waals surface area contributed by atoms with Crippen LogP contribution in [0.1, 0.15) is 21.1 Å². The van der Waals surface area contributed by atoms with Crippen LogP contribution in [0.25, 0.3) is 0 Å². The fourth-order valence-corrected chi connectivity index (χ4v) is 4.16. The summed E-state index contributed by atoms with van der Waals surface area (Å²) in [6.45, 7) is 1.65. The van der Waals surface area contributed by atoms with Crippen LogP contribution < -0.4 is 4.72 Å². The molecule has 0 spiro atoms. The summed E-state index contributed by atoms with van der Waals surface area (Å²) in [6.07, 6.45) is 0. The quantitative estimate of drug-likeness (QED) is 0.816. The Hall–Kier alpha value is -1.29. The number of halogens is 1. The number of thiazole rings is 1. The van der Waals surface area contributed by atoms with Gasteiger partial charge in [0.1, 0.15) is 5.01 Å². The monoisotopic (exact) mass is 390 g/mol. The van der Waals surface area contributed by atoms with Crippen LogP contribution >= 0.6 is 27.3 Å². The molecule has 1 heterocycles. The van der Waals surface area contributed by atoms with Gasteiger partial charge in [-0.2, -0.15) is 0 Å². The predicted molar refractivity (Wildman–Crippen MR) is 82.0 cm³/mol. The molecule has 6 nitrogen and oxygen atoms in total. The highest BCUT2D eigenvalue weighted by Crippen LogP contribution is 2.21. The molecular formula is C12H11BrN2O4S2. The smallest absolute Gasteiger partial charge is 0.355 e. The van der Waals surface area contributed by atoms with Gasteiger partial charge >= 0.3 is 5.97 Å².